The van der Waals surface area contributed by atoms with Gasteiger partial charge < -0.3 is 28.9 Å². The van der Waals surface area contributed by atoms with Gasteiger partial charge in [-0.05, 0) is 30.5 Å². The summed E-state index contributed by atoms with van der Waals surface area (Å²) in [5, 5.41) is 16.2. The van der Waals surface area contributed by atoms with Crippen LogP contribution in [-0.4, -0.2) is 22.3 Å². The summed E-state index contributed by atoms with van der Waals surface area (Å²) >= 11 is 0. The van der Waals surface area contributed by atoms with Gasteiger partial charge in [0.15, 0.2) is 11.6 Å². The number of nitrogens with one attached hydrogen (secondary N) is 1. The lowest BCUT2D eigenvalue weighted by molar-refractivity contribution is -0.140. The average Bonchev–Trinajstić information content (AvgIpc) is 3.17. The number of amides is 1. The number of nitrogen functional groups attached to an aromatic ring is 1. The van der Waals surface area contributed by atoms with E-state index in [1.807, 2.05) is 30.3 Å². The smallest absolute Gasteiger partial charge is 0.412 e. The Morgan fingerprint density at radius 2 is 1.97 bits per heavy atom. The molecule has 158 valence electrons. The molecule has 1 amide bonds. The minimum atomic E-state index is -0.979. The summed E-state index contributed by atoms with van der Waals surface area (Å²) < 4.78 is 21.7. The van der Waals surface area contributed by atoms with Crippen LogP contribution in [0.5, 0.6) is 0 Å². The molecule has 3 heterocycles. The molecule has 4 N–H and O–H groups in total. The number of rotatable bonds is 6. The number of furan rings is 2. The predicted molar refractivity (Wildman–Crippen MR) is 107 cm³/mol. The van der Waals surface area contributed by atoms with E-state index in [1.54, 1.807) is 12.1 Å². The lowest BCUT2D eigenvalue weighted by atomic mass is 10.0. The summed E-state index contributed by atoms with van der Waals surface area (Å²) in [4.78, 5) is 23.7. The summed E-state index contributed by atoms with van der Waals surface area (Å²) in [7, 11) is 0. The first-order valence-electron chi connectivity index (χ1n) is 9.47. The van der Waals surface area contributed by atoms with Crippen LogP contribution in [0.4, 0.5) is 16.3 Å². The highest BCUT2D eigenvalue weighted by atomic mass is 16.5. The number of carboxylic acid groups (broad SMARTS) is 1. The van der Waals surface area contributed by atoms with E-state index in [9.17, 15) is 14.7 Å². The molecular weight excluding hydrogens is 406 g/mol. The number of carboxylic acids is 1. The van der Waals surface area contributed by atoms with E-state index < -0.39 is 17.5 Å². The Kier molecular flexibility index (Phi) is 4.21. The van der Waals surface area contributed by atoms with E-state index in [0.717, 1.165) is 5.56 Å². The van der Waals surface area contributed by atoms with Gasteiger partial charge in [0.05, 0.1) is 5.39 Å². The molecule has 3 aromatic heterocycles. The minimum absolute atomic E-state index is 0.0526. The molecule has 1 fully saturated rings. The third kappa shape index (κ3) is 3.27. The van der Waals surface area contributed by atoms with Crippen molar-refractivity contribution in [2.75, 3.05) is 11.1 Å². The van der Waals surface area contributed by atoms with Gasteiger partial charge in [0.2, 0.25) is 5.76 Å². The Labute approximate surface area is 174 Å². The van der Waals surface area contributed by atoms with Crippen LogP contribution in [-0.2, 0) is 21.6 Å². The molecule has 31 heavy (non-hydrogen) atoms. The number of carbonyl (C=O) groups is 2. The monoisotopic (exact) mass is 423 g/mol. The highest BCUT2D eigenvalue weighted by molar-refractivity contribution is 5.94. The molecule has 10 nitrogen and oxygen atoms in total. The molecule has 0 bridgehead atoms. The SMILES string of the molecule is Nc1noc(-c2cc3cc(C4(C(=O)O)CC4)oc3o2)c1NC(=O)OCc1ccccc1. The molecule has 1 aliphatic rings. The molecule has 10 heteroatoms. The Balaban J connectivity index is 1.35. The van der Waals surface area contributed by atoms with Crippen LogP contribution in [0.15, 0.2) is 55.8 Å². The number of aromatic nitrogens is 1. The first-order valence-corrected chi connectivity index (χ1v) is 9.47. The fourth-order valence-corrected chi connectivity index (χ4v) is 3.33. The average molecular weight is 423 g/mol. The number of hydrogen-bond donors (Lipinski definition) is 3. The van der Waals surface area contributed by atoms with E-state index in [1.165, 1.54) is 0 Å². The van der Waals surface area contributed by atoms with Gasteiger partial charge in [0.1, 0.15) is 23.5 Å². The van der Waals surface area contributed by atoms with Crippen LogP contribution in [0.3, 0.4) is 0 Å². The maximum atomic E-state index is 12.2. The topological polar surface area (TPSA) is 154 Å². The summed E-state index contributed by atoms with van der Waals surface area (Å²) in [6.07, 6.45) is 0.293. The normalized spacial score (nSPS) is 14.5. The second-order valence-corrected chi connectivity index (χ2v) is 7.31. The van der Waals surface area contributed by atoms with Crippen LogP contribution in [0.1, 0.15) is 24.2 Å². The number of fused-ring (bicyclic) bond motifs is 1. The molecule has 4 aromatic rings. The van der Waals surface area contributed by atoms with Crippen LogP contribution >= 0.6 is 0 Å². The number of anilines is 2. The fourth-order valence-electron chi connectivity index (χ4n) is 3.33. The molecule has 0 aliphatic heterocycles. The first-order chi connectivity index (χ1) is 15.0. The molecule has 1 aromatic carbocycles. The van der Waals surface area contributed by atoms with Crippen molar-refractivity contribution in [2.45, 2.75) is 24.9 Å². The van der Waals surface area contributed by atoms with Gasteiger partial charge >= 0.3 is 12.1 Å². The maximum Gasteiger partial charge on any atom is 0.412 e. The lowest BCUT2D eigenvalue weighted by Crippen LogP contribution is -2.18. The van der Waals surface area contributed by atoms with Gasteiger partial charge in [-0.2, -0.15) is 0 Å². The third-order valence-corrected chi connectivity index (χ3v) is 5.23. The van der Waals surface area contributed by atoms with E-state index in [2.05, 4.69) is 10.5 Å². The molecule has 0 atom stereocenters. The zero-order valence-electron chi connectivity index (χ0n) is 16.1. The fraction of sp³-hybridized carbons (Fsp3) is 0.190. The maximum absolute atomic E-state index is 12.2. The molecule has 1 saturated carbocycles. The number of carbonyl (C=O) groups excluding carboxylic acids is 1. The molecule has 0 saturated heterocycles. The zero-order valence-corrected chi connectivity index (χ0v) is 16.1. The molecule has 0 spiro atoms. The quantitative estimate of drug-likeness (QED) is 0.415. The Morgan fingerprint density at radius 1 is 1.19 bits per heavy atom. The van der Waals surface area contributed by atoms with Crippen molar-refractivity contribution >= 4 is 34.7 Å². The van der Waals surface area contributed by atoms with Crippen molar-refractivity contribution in [3.63, 3.8) is 0 Å². The lowest BCUT2D eigenvalue weighted by Gasteiger charge is -2.06. The number of ether oxygens (including phenoxy) is 1. The van der Waals surface area contributed by atoms with Gasteiger partial charge in [-0.1, -0.05) is 35.5 Å². The van der Waals surface area contributed by atoms with Gasteiger partial charge in [0.25, 0.3) is 5.78 Å². The largest absolute Gasteiger partial charge is 0.480 e. The van der Waals surface area contributed by atoms with Gasteiger partial charge in [-0.25, -0.2) is 4.79 Å². The van der Waals surface area contributed by atoms with Crippen LogP contribution in [0, 0.1) is 0 Å². The second-order valence-electron chi connectivity index (χ2n) is 7.31. The van der Waals surface area contributed by atoms with E-state index in [-0.39, 0.29) is 35.4 Å². The van der Waals surface area contributed by atoms with E-state index in [0.29, 0.717) is 24.0 Å². The van der Waals surface area contributed by atoms with Gasteiger partial charge in [0, 0.05) is 0 Å². The Morgan fingerprint density at radius 3 is 2.65 bits per heavy atom. The Hall–Kier alpha value is -4.21. The van der Waals surface area contributed by atoms with Crippen molar-refractivity contribution in [1.82, 2.24) is 5.16 Å². The summed E-state index contributed by atoms with van der Waals surface area (Å²) in [5.74, 6) is -0.189. The van der Waals surface area contributed by atoms with Crippen molar-refractivity contribution in [3.05, 3.63) is 53.8 Å². The van der Waals surface area contributed by atoms with Crippen molar-refractivity contribution < 1.29 is 32.8 Å². The Bertz CT molecular complexity index is 1250. The number of nitrogens with two attached hydrogens (primary N) is 1. The van der Waals surface area contributed by atoms with Crippen molar-refractivity contribution in [1.29, 1.82) is 0 Å². The standard InChI is InChI=1S/C21H17N3O7/c22-17-15(23-20(27)28-10-11-4-2-1-3-5-11)16(31-24-17)13-8-12-9-14(30-18(12)29-13)21(6-7-21)19(25)26/h1-5,8-9H,6-7,10H2,(H2,22,24)(H,23,27)(H,25,26). The van der Waals surface area contributed by atoms with Crippen LogP contribution < -0.4 is 11.1 Å². The van der Waals surface area contributed by atoms with Gasteiger partial charge in [-0.15, -0.1) is 0 Å². The molecule has 0 unspecified atom stereocenters. The highest BCUT2D eigenvalue weighted by Gasteiger charge is 2.54. The summed E-state index contributed by atoms with van der Waals surface area (Å²) in [6.45, 7) is 0.0784. The zero-order chi connectivity index (χ0) is 21.6. The predicted octanol–water partition coefficient (Wildman–Crippen LogP) is 4.13. The molecule has 0 radical (unpaired) electrons. The molecule has 1 aliphatic carbocycles. The van der Waals surface area contributed by atoms with Gasteiger partial charge in [-0.3, -0.25) is 10.1 Å². The van der Waals surface area contributed by atoms with Crippen molar-refractivity contribution in [2.24, 2.45) is 0 Å². The number of nitrogens with zero attached hydrogens (tertiary/aromatic N) is 1. The second kappa shape index (κ2) is 6.94. The third-order valence-electron chi connectivity index (χ3n) is 5.23. The number of benzene rings is 1. The first kappa shape index (κ1) is 18.8. The van der Waals surface area contributed by atoms with E-state index >= 15 is 0 Å². The van der Waals surface area contributed by atoms with Crippen LogP contribution in [0.25, 0.3) is 22.7 Å². The minimum Gasteiger partial charge on any atom is -0.480 e. The van der Waals surface area contributed by atoms with Crippen molar-refractivity contribution in [3.8, 4) is 11.5 Å². The van der Waals surface area contributed by atoms with E-state index in [4.69, 9.17) is 23.8 Å². The molecule has 5 rings (SSSR count). The highest BCUT2D eigenvalue weighted by Crippen LogP contribution is 2.50. The number of hydrogen-bond acceptors (Lipinski definition) is 8. The van der Waals surface area contributed by atoms with Crippen LogP contribution in [0.2, 0.25) is 0 Å². The molecular formula is C21H17N3O7. The number of aliphatic carboxylic acids is 1. The summed E-state index contributed by atoms with van der Waals surface area (Å²) in [5.41, 5.74) is 5.77. The summed E-state index contributed by atoms with van der Waals surface area (Å²) in [6, 6.07) is 12.4.